The molecular weight excluding hydrogens is 392 g/mol. The molecule has 1 saturated carbocycles. The van der Waals surface area contributed by atoms with Crippen molar-refractivity contribution in [3.05, 3.63) is 72.3 Å². The lowest BCUT2D eigenvalue weighted by molar-refractivity contribution is 0.114. The third-order valence-electron chi connectivity index (χ3n) is 7.18. The molecular formula is C29H42OSi. The van der Waals surface area contributed by atoms with Crippen LogP contribution in [0.1, 0.15) is 73.6 Å². The zero-order valence-corrected chi connectivity index (χ0v) is 21.5. The Labute approximate surface area is 192 Å². The van der Waals surface area contributed by atoms with E-state index in [1.165, 1.54) is 48.1 Å². The maximum atomic E-state index is 7.42. The van der Waals surface area contributed by atoms with Crippen LogP contribution in [0.5, 0.6) is 0 Å². The zero-order chi connectivity index (χ0) is 22.5. The predicted molar refractivity (Wildman–Crippen MR) is 138 cm³/mol. The monoisotopic (exact) mass is 434 g/mol. The van der Waals surface area contributed by atoms with Crippen LogP contribution in [-0.2, 0) is 4.43 Å². The molecule has 168 valence electrons. The maximum Gasteiger partial charge on any atom is 0.261 e. The molecule has 0 amide bonds. The fourth-order valence-electron chi connectivity index (χ4n) is 5.09. The Balaban J connectivity index is 1.93. The van der Waals surface area contributed by atoms with Crippen LogP contribution >= 0.6 is 0 Å². The summed E-state index contributed by atoms with van der Waals surface area (Å²) in [5.41, 5.74) is 1.52. The Kier molecular flexibility index (Phi) is 7.99. The number of rotatable bonds is 7. The third kappa shape index (κ3) is 5.59. The SMILES string of the molecule is CC(=CCC1CCCC(O[Si](c2ccccc2)(c2ccccc2)C(C)(C)C)C1)C(C)C. The van der Waals surface area contributed by atoms with Crippen molar-refractivity contribution < 1.29 is 4.43 Å². The molecule has 0 N–H and O–H groups in total. The summed E-state index contributed by atoms with van der Waals surface area (Å²) < 4.78 is 7.42. The van der Waals surface area contributed by atoms with Gasteiger partial charge in [0.15, 0.2) is 0 Å². The van der Waals surface area contributed by atoms with Crippen molar-refractivity contribution in [2.24, 2.45) is 11.8 Å². The van der Waals surface area contributed by atoms with E-state index in [9.17, 15) is 0 Å². The van der Waals surface area contributed by atoms with Crippen LogP contribution in [0.25, 0.3) is 0 Å². The molecule has 2 unspecified atom stereocenters. The highest BCUT2D eigenvalue weighted by atomic mass is 28.4. The van der Waals surface area contributed by atoms with Gasteiger partial charge in [-0.2, -0.15) is 0 Å². The molecule has 1 nitrogen and oxygen atoms in total. The van der Waals surface area contributed by atoms with E-state index < -0.39 is 8.32 Å². The van der Waals surface area contributed by atoms with E-state index in [0.29, 0.717) is 12.0 Å². The van der Waals surface area contributed by atoms with Crippen LogP contribution in [0.2, 0.25) is 5.04 Å². The first-order chi connectivity index (χ1) is 14.7. The van der Waals surface area contributed by atoms with Gasteiger partial charge in [-0.25, -0.2) is 0 Å². The van der Waals surface area contributed by atoms with Crippen LogP contribution in [0.4, 0.5) is 0 Å². The fraction of sp³-hybridized carbons (Fsp3) is 0.517. The van der Waals surface area contributed by atoms with E-state index in [1.807, 2.05) is 0 Å². The topological polar surface area (TPSA) is 9.23 Å². The molecule has 2 heteroatoms. The van der Waals surface area contributed by atoms with Gasteiger partial charge in [0.25, 0.3) is 8.32 Å². The minimum atomic E-state index is -2.44. The van der Waals surface area contributed by atoms with Gasteiger partial charge in [0, 0.05) is 6.10 Å². The van der Waals surface area contributed by atoms with Gasteiger partial charge < -0.3 is 4.43 Å². The Morgan fingerprint density at radius 1 is 0.968 bits per heavy atom. The second-order valence-electron chi connectivity index (χ2n) is 10.8. The number of hydrogen-bond donors (Lipinski definition) is 0. The summed E-state index contributed by atoms with van der Waals surface area (Å²) in [6, 6.07) is 22.2. The lowest BCUT2D eigenvalue weighted by Gasteiger charge is -2.46. The van der Waals surface area contributed by atoms with Crippen molar-refractivity contribution in [3.63, 3.8) is 0 Å². The smallest absolute Gasteiger partial charge is 0.261 e. The summed E-state index contributed by atoms with van der Waals surface area (Å²) in [5.74, 6) is 1.39. The van der Waals surface area contributed by atoms with E-state index in [0.717, 1.165) is 5.92 Å². The number of hydrogen-bond acceptors (Lipinski definition) is 1. The molecule has 0 aromatic heterocycles. The van der Waals surface area contributed by atoms with E-state index >= 15 is 0 Å². The van der Waals surface area contributed by atoms with Gasteiger partial charge in [-0.1, -0.05) is 113 Å². The minimum absolute atomic E-state index is 0.0524. The molecule has 31 heavy (non-hydrogen) atoms. The predicted octanol–water partition coefficient (Wildman–Crippen LogP) is 7.11. The second kappa shape index (κ2) is 10.3. The minimum Gasteiger partial charge on any atom is -0.404 e. The summed E-state index contributed by atoms with van der Waals surface area (Å²) in [6.45, 7) is 14.0. The van der Waals surface area contributed by atoms with Crippen LogP contribution < -0.4 is 10.4 Å². The summed E-state index contributed by atoms with van der Waals surface area (Å²) >= 11 is 0. The van der Waals surface area contributed by atoms with E-state index in [-0.39, 0.29) is 5.04 Å². The van der Waals surface area contributed by atoms with E-state index in [1.54, 1.807) is 0 Å². The molecule has 0 saturated heterocycles. The van der Waals surface area contributed by atoms with Crippen molar-refractivity contribution in [2.75, 3.05) is 0 Å². The van der Waals surface area contributed by atoms with Gasteiger partial charge in [0.05, 0.1) is 0 Å². The standard InChI is InChI=1S/C29H42OSi/c1-23(2)24(3)20-21-25-14-13-15-26(22-25)30-31(29(4,5)6,27-16-9-7-10-17-27)28-18-11-8-12-19-28/h7-12,16-20,23,25-26H,13-15,21-22H2,1-6H3. The summed E-state index contributed by atoms with van der Waals surface area (Å²) in [7, 11) is -2.44. The second-order valence-corrected chi connectivity index (χ2v) is 15.0. The van der Waals surface area contributed by atoms with Crippen molar-refractivity contribution >= 4 is 18.7 Å². The Bertz CT molecular complexity index is 793. The first kappa shape index (κ1) is 24.0. The van der Waals surface area contributed by atoms with Crippen LogP contribution in [0, 0.1) is 11.8 Å². The Morgan fingerprint density at radius 3 is 2.00 bits per heavy atom. The zero-order valence-electron chi connectivity index (χ0n) is 20.5. The first-order valence-corrected chi connectivity index (χ1v) is 14.1. The van der Waals surface area contributed by atoms with Gasteiger partial charge in [-0.3, -0.25) is 0 Å². The number of allylic oxidation sites excluding steroid dienone is 2. The third-order valence-corrected chi connectivity index (χ3v) is 12.3. The molecule has 1 aliphatic rings. The largest absolute Gasteiger partial charge is 0.404 e. The lowest BCUT2D eigenvalue weighted by Crippen LogP contribution is -2.67. The van der Waals surface area contributed by atoms with Gasteiger partial charge in [0.1, 0.15) is 0 Å². The molecule has 1 aliphatic carbocycles. The van der Waals surface area contributed by atoms with Gasteiger partial charge in [0.2, 0.25) is 0 Å². The summed E-state index contributed by atoms with van der Waals surface area (Å²) in [4.78, 5) is 0. The molecule has 3 rings (SSSR count). The van der Waals surface area contributed by atoms with Crippen molar-refractivity contribution in [1.82, 2.24) is 0 Å². The molecule has 0 heterocycles. The molecule has 2 aromatic carbocycles. The van der Waals surface area contributed by atoms with Gasteiger partial charge in [-0.15, -0.1) is 0 Å². The summed E-state index contributed by atoms with van der Waals surface area (Å²) in [5, 5.41) is 2.84. The average molecular weight is 435 g/mol. The highest BCUT2D eigenvalue weighted by molar-refractivity contribution is 6.99. The Hall–Kier alpha value is -1.64. The van der Waals surface area contributed by atoms with Crippen molar-refractivity contribution in [2.45, 2.75) is 84.8 Å². The van der Waals surface area contributed by atoms with Gasteiger partial charge in [-0.05, 0) is 59.9 Å². The molecule has 0 aliphatic heterocycles. The van der Waals surface area contributed by atoms with Crippen LogP contribution in [-0.4, -0.2) is 14.4 Å². The molecule has 2 atom stereocenters. The highest BCUT2D eigenvalue weighted by Crippen LogP contribution is 2.40. The average Bonchev–Trinajstić information content (AvgIpc) is 2.76. The molecule has 0 radical (unpaired) electrons. The van der Waals surface area contributed by atoms with E-state index in [4.69, 9.17) is 4.43 Å². The summed E-state index contributed by atoms with van der Waals surface area (Å²) in [6.07, 6.45) is 9.02. The number of benzene rings is 2. The lowest BCUT2D eigenvalue weighted by atomic mass is 9.84. The van der Waals surface area contributed by atoms with Crippen molar-refractivity contribution in [3.8, 4) is 0 Å². The quantitative estimate of drug-likeness (QED) is 0.333. The molecule has 0 spiro atoms. The highest BCUT2D eigenvalue weighted by Gasteiger charge is 2.51. The van der Waals surface area contributed by atoms with Crippen LogP contribution in [0.3, 0.4) is 0 Å². The Morgan fingerprint density at radius 2 is 1.52 bits per heavy atom. The van der Waals surface area contributed by atoms with Crippen molar-refractivity contribution in [1.29, 1.82) is 0 Å². The first-order valence-electron chi connectivity index (χ1n) is 12.2. The fourth-order valence-corrected chi connectivity index (χ4v) is 9.82. The maximum absolute atomic E-state index is 7.42. The molecule has 2 aromatic rings. The molecule has 0 bridgehead atoms. The van der Waals surface area contributed by atoms with Gasteiger partial charge >= 0.3 is 0 Å². The normalized spacial score (nSPS) is 20.8. The molecule has 1 fully saturated rings. The van der Waals surface area contributed by atoms with Crippen LogP contribution in [0.15, 0.2) is 72.3 Å². The van der Waals surface area contributed by atoms with E-state index in [2.05, 4.69) is 108 Å².